The summed E-state index contributed by atoms with van der Waals surface area (Å²) in [4.78, 5) is 26.5. The Balaban J connectivity index is 2.37. The molecular formula is C14H18N4O2S. The van der Waals surface area contributed by atoms with Gasteiger partial charge in [0.2, 0.25) is 0 Å². The van der Waals surface area contributed by atoms with Crippen LogP contribution in [-0.4, -0.2) is 20.8 Å². The van der Waals surface area contributed by atoms with Crippen LogP contribution in [0.2, 0.25) is 0 Å². The molecule has 2 unspecified atom stereocenters. The molecule has 1 aromatic carbocycles. The number of nitrogens with one attached hydrogen (secondary N) is 1. The average molecular weight is 306 g/mol. The molecule has 2 atom stereocenters. The third-order valence-corrected chi connectivity index (χ3v) is 4.59. The summed E-state index contributed by atoms with van der Waals surface area (Å²) in [5.74, 6) is 0. The highest BCUT2D eigenvalue weighted by Gasteiger charge is 2.20. The molecule has 0 saturated heterocycles. The lowest BCUT2D eigenvalue weighted by molar-refractivity contribution is 0.592. The molecule has 0 amide bonds. The quantitative estimate of drug-likeness (QED) is 0.648. The fraction of sp³-hybridized carbons (Fsp3) is 0.357. The van der Waals surface area contributed by atoms with Gasteiger partial charge in [-0.25, -0.2) is 0 Å². The van der Waals surface area contributed by atoms with Gasteiger partial charge in [-0.15, -0.1) is 0 Å². The van der Waals surface area contributed by atoms with Crippen LogP contribution in [0, 0.1) is 6.92 Å². The van der Waals surface area contributed by atoms with Crippen molar-refractivity contribution < 1.29 is 0 Å². The number of aryl methyl sites for hydroxylation is 2. The highest BCUT2D eigenvalue weighted by molar-refractivity contribution is 7.99. The minimum Gasteiger partial charge on any atom is -0.327 e. The normalized spacial score (nSPS) is 13.9. The molecule has 2 rings (SSSR count). The summed E-state index contributed by atoms with van der Waals surface area (Å²) in [5.41, 5.74) is 6.77. The summed E-state index contributed by atoms with van der Waals surface area (Å²) in [5, 5.41) is 2.81. The Morgan fingerprint density at radius 3 is 2.48 bits per heavy atom. The van der Waals surface area contributed by atoms with E-state index in [-0.39, 0.29) is 11.3 Å². The van der Waals surface area contributed by atoms with Gasteiger partial charge < -0.3 is 5.73 Å². The first kappa shape index (κ1) is 15.5. The van der Waals surface area contributed by atoms with Gasteiger partial charge in [-0.05, 0) is 19.4 Å². The molecule has 6 nitrogen and oxygen atoms in total. The number of aromatic amines is 1. The molecule has 0 aliphatic rings. The summed E-state index contributed by atoms with van der Waals surface area (Å²) >= 11 is 1.36. The zero-order valence-electron chi connectivity index (χ0n) is 12.2. The van der Waals surface area contributed by atoms with E-state index < -0.39 is 11.1 Å². The topological polar surface area (TPSA) is 93.8 Å². The van der Waals surface area contributed by atoms with E-state index >= 15 is 0 Å². The van der Waals surface area contributed by atoms with Crippen LogP contribution in [-0.2, 0) is 7.05 Å². The second-order valence-electron chi connectivity index (χ2n) is 5.01. The largest absolute Gasteiger partial charge is 0.339 e. The molecule has 112 valence electrons. The first-order valence-corrected chi connectivity index (χ1v) is 7.42. The van der Waals surface area contributed by atoms with Crippen molar-refractivity contribution in [3.05, 3.63) is 56.1 Å². The zero-order valence-corrected chi connectivity index (χ0v) is 13.0. The number of hydrogen-bond acceptors (Lipinski definition) is 5. The van der Waals surface area contributed by atoms with Crippen LogP contribution in [0.25, 0.3) is 0 Å². The van der Waals surface area contributed by atoms with Gasteiger partial charge in [-0.2, -0.15) is 4.98 Å². The predicted octanol–water partition coefficient (Wildman–Crippen LogP) is 0.958. The lowest BCUT2D eigenvalue weighted by Crippen LogP contribution is -2.34. The van der Waals surface area contributed by atoms with E-state index in [0.29, 0.717) is 5.16 Å². The van der Waals surface area contributed by atoms with Crippen LogP contribution in [0.1, 0.15) is 23.3 Å². The van der Waals surface area contributed by atoms with Crippen LogP contribution < -0.4 is 16.9 Å². The minimum absolute atomic E-state index is 0.0606. The van der Waals surface area contributed by atoms with Gasteiger partial charge in [0, 0.05) is 13.1 Å². The van der Waals surface area contributed by atoms with Gasteiger partial charge in [0.25, 0.3) is 0 Å². The number of hydrogen-bond donors (Lipinski definition) is 2. The summed E-state index contributed by atoms with van der Waals surface area (Å²) in [6, 6.07) is 7.93. The van der Waals surface area contributed by atoms with Gasteiger partial charge in [-0.3, -0.25) is 19.4 Å². The Morgan fingerprint density at radius 1 is 1.29 bits per heavy atom. The summed E-state index contributed by atoms with van der Waals surface area (Å²) < 4.78 is 1.44. The predicted molar refractivity (Wildman–Crippen MR) is 83.5 cm³/mol. The molecule has 3 N–H and O–H groups in total. The minimum atomic E-state index is -0.789. The monoisotopic (exact) mass is 306 g/mol. The van der Waals surface area contributed by atoms with Crippen molar-refractivity contribution in [2.24, 2.45) is 12.8 Å². The van der Waals surface area contributed by atoms with E-state index in [2.05, 4.69) is 10.1 Å². The SMILES string of the molecule is Cc1ccc(C(Sc2nc(=O)c(=O)[nH]n2C)C(C)N)cc1. The van der Waals surface area contributed by atoms with Crippen molar-refractivity contribution in [2.45, 2.75) is 30.3 Å². The standard InChI is InChI=1S/C14H18N4O2S/c1-8-4-6-10(7-5-8)11(9(2)15)21-14-16-12(19)13(20)17-18(14)3/h4-7,9,11H,15H2,1-3H3,(H,17,20). The maximum absolute atomic E-state index is 11.4. The molecule has 0 saturated carbocycles. The second-order valence-corrected chi connectivity index (χ2v) is 6.12. The van der Waals surface area contributed by atoms with Gasteiger partial charge in [0.1, 0.15) is 0 Å². The first-order chi connectivity index (χ1) is 9.88. The number of aromatic nitrogens is 3. The molecule has 0 aliphatic carbocycles. The number of benzene rings is 1. The Labute approximate surface area is 126 Å². The van der Waals surface area contributed by atoms with E-state index in [9.17, 15) is 9.59 Å². The summed E-state index contributed by atoms with van der Waals surface area (Å²) in [7, 11) is 1.64. The molecule has 0 radical (unpaired) electrons. The lowest BCUT2D eigenvalue weighted by Gasteiger charge is -2.21. The fourth-order valence-electron chi connectivity index (χ4n) is 1.91. The molecule has 0 aliphatic heterocycles. The third-order valence-electron chi connectivity index (χ3n) is 3.06. The van der Waals surface area contributed by atoms with Crippen LogP contribution in [0.5, 0.6) is 0 Å². The zero-order chi connectivity index (χ0) is 15.6. The molecule has 0 bridgehead atoms. The van der Waals surface area contributed by atoms with Crippen LogP contribution >= 0.6 is 11.8 Å². The van der Waals surface area contributed by atoms with E-state index in [1.54, 1.807) is 7.05 Å². The average Bonchev–Trinajstić information content (AvgIpc) is 2.42. The van der Waals surface area contributed by atoms with Gasteiger partial charge >= 0.3 is 11.1 Å². The Hall–Kier alpha value is -1.86. The van der Waals surface area contributed by atoms with Crippen molar-refractivity contribution in [3.63, 3.8) is 0 Å². The first-order valence-electron chi connectivity index (χ1n) is 6.54. The van der Waals surface area contributed by atoms with Crippen molar-refractivity contribution in [2.75, 3.05) is 0 Å². The molecule has 0 fully saturated rings. The third kappa shape index (κ3) is 3.62. The number of rotatable bonds is 4. The van der Waals surface area contributed by atoms with E-state index in [0.717, 1.165) is 5.56 Å². The highest BCUT2D eigenvalue weighted by atomic mass is 32.2. The summed E-state index contributed by atoms with van der Waals surface area (Å²) in [6.07, 6.45) is 0. The van der Waals surface area contributed by atoms with Crippen LogP contribution in [0.4, 0.5) is 0 Å². The number of H-pyrrole nitrogens is 1. The molecule has 1 heterocycles. The summed E-state index contributed by atoms with van der Waals surface area (Å²) in [6.45, 7) is 3.92. The van der Waals surface area contributed by atoms with Gasteiger partial charge in [-0.1, -0.05) is 41.6 Å². The Bertz CT molecular complexity index is 734. The van der Waals surface area contributed by atoms with E-state index in [1.807, 2.05) is 38.1 Å². The van der Waals surface area contributed by atoms with Crippen molar-refractivity contribution in [1.29, 1.82) is 0 Å². The maximum atomic E-state index is 11.4. The molecule has 0 spiro atoms. The number of thioether (sulfide) groups is 1. The molecule has 21 heavy (non-hydrogen) atoms. The van der Waals surface area contributed by atoms with Gasteiger partial charge in [0.15, 0.2) is 5.16 Å². The van der Waals surface area contributed by atoms with Crippen LogP contribution in [0.15, 0.2) is 39.0 Å². The van der Waals surface area contributed by atoms with Crippen molar-refractivity contribution >= 4 is 11.8 Å². The van der Waals surface area contributed by atoms with Crippen molar-refractivity contribution in [3.8, 4) is 0 Å². The second kappa shape index (κ2) is 6.28. The lowest BCUT2D eigenvalue weighted by atomic mass is 10.1. The maximum Gasteiger partial charge on any atom is 0.339 e. The van der Waals surface area contributed by atoms with E-state index in [4.69, 9.17) is 5.73 Å². The number of nitrogens with two attached hydrogens (primary N) is 1. The van der Waals surface area contributed by atoms with E-state index in [1.165, 1.54) is 22.0 Å². The van der Waals surface area contributed by atoms with Gasteiger partial charge in [0.05, 0.1) is 5.25 Å². The molecule has 7 heteroatoms. The Morgan fingerprint density at radius 2 is 1.90 bits per heavy atom. The smallest absolute Gasteiger partial charge is 0.327 e. The number of nitrogens with zero attached hydrogens (tertiary/aromatic N) is 2. The fourth-order valence-corrected chi connectivity index (χ4v) is 2.99. The Kier molecular flexibility index (Phi) is 4.64. The van der Waals surface area contributed by atoms with Crippen LogP contribution in [0.3, 0.4) is 0 Å². The van der Waals surface area contributed by atoms with Crippen molar-refractivity contribution in [1.82, 2.24) is 14.8 Å². The highest BCUT2D eigenvalue weighted by Crippen LogP contribution is 2.35. The molecule has 2 aromatic rings. The molecule has 1 aromatic heterocycles. The molecular weight excluding hydrogens is 288 g/mol.